The molecular formula is C8H15N3O2. The molecule has 1 rings (SSSR count). The summed E-state index contributed by atoms with van der Waals surface area (Å²) in [4.78, 5) is 22.1. The van der Waals surface area contributed by atoms with Crippen molar-refractivity contribution in [2.75, 3.05) is 13.6 Å². The molecule has 5 nitrogen and oxygen atoms in total. The standard InChI is InChI=1S/C8H15N3O2/c1-10-6(12)5-11-7(13)8(9)3-2-4-8/h2-5,9H2,1H3,(H,10,12)(H,11,13). The molecule has 0 bridgehead atoms. The number of hydrogen-bond donors (Lipinski definition) is 3. The van der Waals surface area contributed by atoms with Crippen molar-refractivity contribution in [3.8, 4) is 0 Å². The number of likely N-dealkylation sites (N-methyl/N-ethyl adjacent to an activating group) is 1. The largest absolute Gasteiger partial charge is 0.358 e. The van der Waals surface area contributed by atoms with Gasteiger partial charge in [0.15, 0.2) is 0 Å². The van der Waals surface area contributed by atoms with Crippen molar-refractivity contribution in [1.29, 1.82) is 0 Å². The molecule has 1 aliphatic rings. The predicted octanol–water partition coefficient (Wildman–Crippen LogP) is -1.27. The van der Waals surface area contributed by atoms with Crippen molar-refractivity contribution in [3.05, 3.63) is 0 Å². The van der Waals surface area contributed by atoms with Gasteiger partial charge >= 0.3 is 0 Å². The Morgan fingerprint density at radius 2 is 2.08 bits per heavy atom. The van der Waals surface area contributed by atoms with Gasteiger partial charge in [-0.2, -0.15) is 0 Å². The fraction of sp³-hybridized carbons (Fsp3) is 0.750. The van der Waals surface area contributed by atoms with E-state index >= 15 is 0 Å². The van der Waals surface area contributed by atoms with Gasteiger partial charge < -0.3 is 16.4 Å². The lowest BCUT2D eigenvalue weighted by Crippen LogP contribution is -2.59. The lowest BCUT2D eigenvalue weighted by atomic mass is 9.77. The van der Waals surface area contributed by atoms with Crippen molar-refractivity contribution >= 4 is 11.8 Å². The molecule has 0 heterocycles. The Morgan fingerprint density at radius 1 is 1.46 bits per heavy atom. The van der Waals surface area contributed by atoms with E-state index in [-0.39, 0.29) is 18.4 Å². The summed E-state index contributed by atoms with van der Waals surface area (Å²) < 4.78 is 0. The van der Waals surface area contributed by atoms with Gasteiger partial charge in [-0.1, -0.05) is 0 Å². The van der Waals surface area contributed by atoms with Crippen LogP contribution in [0, 0.1) is 0 Å². The topological polar surface area (TPSA) is 84.2 Å². The van der Waals surface area contributed by atoms with Gasteiger partial charge in [-0.25, -0.2) is 0 Å². The Hall–Kier alpha value is -1.10. The number of carbonyl (C=O) groups is 2. The van der Waals surface area contributed by atoms with E-state index in [0.717, 1.165) is 6.42 Å². The van der Waals surface area contributed by atoms with E-state index in [1.165, 1.54) is 7.05 Å². The van der Waals surface area contributed by atoms with Crippen LogP contribution in [0.15, 0.2) is 0 Å². The van der Waals surface area contributed by atoms with Crippen molar-refractivity contribution in [2.24, 2.45) is 5.73 Å². The second-order valence-electron chi connectivity index (χ2n) is 3.37. The first kappa shape index (κ1) is 9.98. The van der Waals surface area contributed by atoms with Crippen LogP contribution in [0.4, 0.5) is 0 Å². The molecule has 0 aliphatic heterocycles. The molecule has 1 saturated carbocycles. The maximum absolute atomic E-state index is 11.4. The van der Waals surface area contributed by atoms with Crippen LogP contribution in [0.3, 0.4) is 0 Å². The van der Waals surface area contributed by atoms with Crippen LogP contribution in [-0.2, 0) is 9.59 Å². The normalized spacial score (nSPS) is 18.6. The monoisotopic (exact) mass is 185 g/mol. The van der Waals surface area contributed by atoms with Crippen molar-refractivity contribution < 1.29 is 9.59 Å². The number of nitrogens with one attached hydrogen (secondary N) is 2. The Balaban J connectivity index is 2.29. The van der Waals surface area contributed by atoms with Gasteiger partial charge in [0.2, 0.25) is 11.8 Å². The molecule has 0 aromatic rings. The molecule has 0 saturated heterocycles. The summed E-state index contributed by atoms with van der Waals surface area (Å²) >= 11 is 0. The minimum absolute atomic E-state index is 0.00822. The molecular weight excluding hydrogens is 170 g/mol. The summed E-state index contributed by atoms with van der Waals surface area (Å²) in [5.41, 5.74) is 5.02. The second-order valence-corrected chi connectivity index (χ2v) is 3.37. The van der Waals surface area contributed by atoms with Gasteiger partial charge in [-0.3, -0.25) is 9.59 Å². The van der Waals surface area contributed by atoms with E-state index in [9.17, 15) is 9.59 Å². The zero-order chi connectivity index (χ0) is 9.90. The third-order valence-corrected chi connectivity index (χ3v) is 2.39. The number of rotatable bonds is 3. The molecule has 1 aliphatic carbocycles. The van der Waals surface area contributed by atoms with Crippen LogP contribution in [0.1, 0.15) is 19.3 Å². The first-order valence-corrected chi connectivity index (χ1v) is 4.36. The molecule has 0 unspecified atom stereocenters. The summed E-state index contributed by atoms with van der Waals surface area (Å²) in [7, 11) is 1.52. The summed E-state index contributed by atoms with van der Waals surface area (Å²) in [5.74, 6) is -0.432. The smallest absolute Gasteiger partial charge is 0.240 e. The van der Waals surface area contributed by atoms with Crippen LogP contribution < -0.4 is 16.4 Å². The number of nitrogens with two attached hydrogens (primary N) is 1. The van der Waals surface area contributed by atoms with E-state index < -0.39 is 5.54 Å². The van der Waals surface area contributed by atoms with Crippen LogP contribution in [0.2, 0.25) is 0 Å². The SMILES string of the molecule is CNC(=O)CNC(=O)C1(N)CCC1. The van der Waals surface area contributed by atoms with Crippen LogP contribution in [0.5, 0.6) is 0 Å². The Morgan fingerprint density at radius 3 is 2.46 bits per heavy atom. The first-order chi connectivity index (χ1) is 6.08. The molecule has 4 N–H and O–H groups in total. The minimum Gasteiger partial charge on any atom is -0.358 e. The minimum atomic E-state index is -0.714. The van der Waals surface area contributed by atoms with E-state index in [0.29, 0.717) is 12.8 Å². The van der Waals surface area contributed by atoms with E-state index in [4.69, 9.17) is 5.73 Å². The lowest BCUT2D eigenvalue weighted by Gasteiger charge is -2.36. The molecule has 0 radical (unpaired) electrons. The molecule has 13 heavy (non-hydrogen) atoms. The van der Waals surface area contributed by atoms with Gasteiger partial charge in [0, 0.05) is 7.05 Å². The average molecular weight is 185 g/mol. The molecule has 2 amide bonds. The Labute approximate surface area is 77.1 Å². The molecule has 1 fully saturated rings. The Kier molecular flexibility index (Phi) is 2.87. The zero-order valence-electron chi connectivity index (χ0n) is 7.72. The molecule has 74 valence electrons. The highest BCUT2D eigenvalue weighted by molar-refractivity contribution is 5.90. The van der Waals surface area contributed by atoms with Crippen LogP contribution in [-0.4, -0.2) is 30.9 Å². The predicted molar refractivity (Wildman–Crippen MR) is 47.8 cm³/mol. The van der Waals surface area contributed by atoms with E-state index in [1.807, 2.05) is 0 Å². The van der Waals surface area contributed by atoms with Gasteiger partial charge in [0.25, 0.3) is 0 Å². The highest BCUT2D eigenvalue weighted by Gasteiger charge is 2.39. The molecule has 0 spiro atoms. The van der Waals surface area contributed by atoms with Gasteiger partial charge in [0.1, 0.15) is 0 Å². The van der Waals surface area contributed by atoms with Crippen LogP contribution >= 0.6 is 0 Å². The van der Waals surface area contributed by atoms with Crippen LogP contribution in [0.25, 0.3) is 0 Å². The fourth-order valence-electron chi connectivity index (χ4n) is 1.21. The average Bonchev–Trinajstić information content (AvgIpc) is 2.09. The summed E-state index contributed by atoms with van der Waals surface area (Å²) in [6.07, 6.45) is 2.42. The van der Waals surface area contributed by atoms with Gasteiger partial charge in [-0.05, 0) is 19.3 Å². The molecule has 0 aromatic heterocycles. The highest BCUT2D eigenvalue weighted by atomic mass is 16.2. The van der Waals surface area contributed by atoms with E-state index in [1.54, 1.807) is 0 Å². The first-order valence-electron chi connectivity index (χ1n) is 4.36. The number of amides is 2. The molecule has 0 atom stereocenters. The molecule has 0 aromatic carbocycles. The molecule has 5 heteroatoms. The highest BCUT2D eigenvalue weighted by Crippen LogP contribution is 2.28. The van der Waals surface area contributed by atoms with Crippen molar-refractivity contribution in [3.63, 3.8) is 0 Å². The lowest BCUT2D eigenvalue weighted by molar-refractivity contribution is -0.131. The fourth-order valence-corrected chi connectivity index (χ4v) is 1.21. The third-order valence-electron chi connectivity index (χ3n) is 2.39. The summed E-state index contributed by atoms with van der Waals surface area (Å²) in [5, 5.41) is 4.91. The second kappa shape index (κ2) is 3.74. The van der Waals surface area contributed by atoms with E-state index in [2.05, 4.69) is 10.6 Å². The number of carbonyl (C=O) groups excluding carboxylic acids is 2. The van der Waals surface area contributed by atoms with Gasteiger partial charge in [-0.15, -0.1) is 0 Å². The zero-order valence-corrected chi connectivity index (χ0v) is 7.72. The quantitative estimate of drug-likeness (QED) is 0.512. The summed E-state index contributed by atoms with van der Waals surface area (Å²) in [6.45, 7) is 0.00822. The van der Waals surface area contributed by atoms with Gasteiger partial charge in [0.05, 0.1) is 12.1 Å². The van der Waals surface area contributed by atoms with Crippen molar-refractivity contribution in [2.45, 2.75) is 24.8 Å². The maximum atomic E-state index is 11.4. The van der Waals surface area contributed by atoms with Crippen molar-refractivity contribution in [1.82, 2.24) is 10.6 Å². The Bertz CT molecular complexity index is 223. The number of hydrogen-bond acceptors (Lipinski definition) is 3. The summed E-state index contributed by atoms with van der Waals surface area (Å²) in [6, 6.07) is 0. The third kappa shape index (κ3) is 2.18. The maximum Gasteiger partial charge on any atom is 0.240 e.